The Bertz CT molecular complexity index is 270. The summed E-state index contributed by atoms with van der Waals surface area (Å²) in [6.45, 7) is 0. The zero-order valence-electron chi connectivity index (χ0n) is 9.06. The quantitative estimate of drug-likeness (QED) is 0.713. The van der Waals surface area contributed by atoms with Crippen LogP contribution >= 0.6 is 0 Å². The second-order valence-corrected chi connectivity index (χ2v) is 6.12. The largest absolute Gasteiger partial charge is 0.313 e. The Labute approximate surface area is 92.0 Å². The molecule has 0 radical (unpaired) electrons. The first kappa shape index (κ1) is 12.9. The lowest BCUT2D eigenvalue weighted by molar-refractivity contribution is 0.328. The van der Waals surface area contributed by atoms with Gasteiger partial charge in [-0.3, -0.25) is 4.55 Å². The summed E-state index contributed by atoms with van der Waals surface area (Å²) in [7, 11) is -4.03. The fourth-order valence-corrected chi connectivity index (χ4v) is 2.70. The highest BCUT2D eigenvalue weighted by molar-refractivity contribution is 7.86. The molecule has 0 amide bonds. The van der Waals surface area contributed by atoms with Crippen molar-refractivity contribution in [1.29, 1.82) is 0 Å². The highest BCUT2D eigenvalue weighted by Gasteiger charge is 2.19. The van der Waals surface area contributed by atoms with Crippen molar-refractivity contribution in [2.45, 2.75) is 56.7 Å². The topological polar surface area (TPSA) is 80.4 Å². The second-order valence-electron chi connectivity index (χ2n) is 4.49. The standard InChI is InChI=1S/C10H21NO3S/c11-10(15(12,13)14)8-4-7-9-5-2-1-3-6-9/h9-10H,1-8,11H2,(H,12,13,14). The SMILES string of the molecule is NC(CCCC1CCCCC1)S(=O)(=O)O. The van der Waals surface area contributed by atoms with E-state index in [-0.39, 0.29) is 0 Å². The van der Waals surface area contributed by atoms with Gasteiger partial charge >= 0.3 is 0 Å². The molecule has 1 saturated carbocycles. The summed E-state index contributed by atoms with van der Waals surface area (Å²) in [5.74, 6) is 0.743. The van der Waals surface area contributed by atoms with E-state index >= 15 is 0 Å². The molecule has 1 rings (SSSR count). The van der Waals surface area contributed by atoms with Gasteiger partial charge in [-0.25, -0.2) is 0 Å². The molecule has 5 heteroatoms. The molecule has 0 bridgehead atoms. The van der Waals surface area contributed by atoms with Crippen molar-refractivity contribution < 1.29 is 13.0 Å². The highest BCUT2D eigenvalue weighted by Crippen LogP contribution is 2.27. The van der Waals surface area contributed by atoms with E-state index < -0.39 is 15.5 Å². The fourth-order valence-electron chi connectivity index (χ4n) is 2.23. The third kappa shape index (κ3) is 4.95. The predicted octanol–water partition coefficient (Wildman–Crippen LogP) is 1.91. The van der Waals surface area contributed by atoms with Gasteiger partial charge in [0.15, 0.2) is 0 Å². The Morgan fingerprint density at radius 1 is 1.27 bits per heavy atom. The molecule has 0 aliphatic heterocycles. The number of rotatable bonds is 5. The van der Waals surface area contributed by atoms with Crippen LogP contribution in [0.4, 0.5) is 0 Å². The predicted molar refractivity (Wildman–Crippen MR) is 60.0 cm³/mol. The zero-order chi connectivity index (χ0) is 11.3. The van der Waals surface area contributed by atoms with E-state index in [1.54, 1.807) is 0 Å². The summed E-state index contributed by atoms with van der Waals surface area (Å²) in [6, 6.07) is 0. The molecule has 0 aromatic rings. The van der Waals surface area contributed by atoms with Gasteiger partial charge in [0.25, 0.3) is 10.1 Å². The van der Waals surface area contributed by atoms with Gasteiger partial charge in [-0.2, -0.15) is 8.42 Å². The summed E-state index contributed by atoms with van der Waals surface area (Å²) >= 11 is 0. The third-order valence-corrected chi connectivity index (χ3v) is 4.21. The molecule has 1 unspecified atom stereocenters. The molecule has 1 aliphatic carbocycles. The second kappa shape index (κ2) is 5.82. The first-order valence-electron chi connectivity index (χ1n) is 5.72. The molecule has 3 N–H and O–H groups in total. The van der Waals surface area contributed by atoms with Crippen molar-refractivity contribution in [3.8, 4) is 0 Å². The molecule has 4 nitrogen and oxygen atoms in total. The Morgan fingerprint density at radius 2 is 1.87 bits per heavy atom. The van der Waals surface area contributed by atoms with Gasteiger partial charge in [-0.1, -0.05) is 44.9 Å². The Hall–Kier alpha value is -0.130. The third-order valence-electron chi connectivity index (χ3n) is 3.21. The molecule has 0 aromatic carbocycles. The maximum Gasteiger partial charge on any atom is 0.280 e. The fraction of sp³-hybridized carbons (Fsp3) is 1.00. The first-order chi connectivity index (χ1) is 7.00. The van der Waals surface area contributed by atoms with Crippen LogP contribution in [-0.4, -0.2) is 18.3 Å². The van der Waals surface area contributed by atoms with Gasteiger partial charge in [0.2, 0.25) is 0 Å². The lowest BCUT2D eigenvalue weighted by Crippen LogP contribution is -2.29. The Morgan fingerprint density at radius 3 is 2.40 bits per heavy atom. The zero-order valence-corrected chi connectivity index (χ0v) is 9.88. The number of nitrogens with two attached hydrogens (primary N) is 1. The Balaban J connectivity index is 2.15. The summed E-state index contributed by atoms with van der Waals surface area (Å²) in [5.41, 5.74) is 5.33. The van der Waals surface area contributed by atoms with E-state index in [2.05, 4.69) is 0 Å². The minimum absolute atomic E-state index is 0.370. The van der Waals surface area contributed by atoms with Crippen molar-refractivity contribution in [3.63, 3.8) is 0 Å². The van der Waals surface area contributed by atoms with Crippen LogP contribution in [-0.2, 0) is 10.1 Å². The summed E-state index contributed by atoms with van der Waals surface area (Å²) < 4.78 is 30.0. The van der Waals surface area contributed by atoms with Gasteiger partial charge in [-0.15, -0.1) is 0 Å². The van der Waals surface area contributed by atoms with Crippen LogP contribution in [0.5, 0.6) is 0 Å². The van der Waals surface area contributed by atoms with Crippen molar-refractivity contribution >= 4 is 10.1 Å². The Kier molecular flexibility index (Phi) is 5.02. The molecule has 0 heterocycles. The van der Waals surface area contributed by atoms with Gasteiger partial charge in [0.1, 0.15) is 5.37 Å². The first-order valence-corrected chi connectivity index (χ1v) is 7.22. The highest BCUT2D eigenvalue weighted by atomic mass is 32.2. The lowest BCUT2D eigenvalue weighted by Gasteiger charge is -2.21. The smallest absolute Gasteiger partial charge is 0.280 e. The molecule has 90 valence electrons. The van der Waals surface area contributed by atoms with Crippen LogP contribution < -0.4 is 5.73 Å². The normalized spacial score (nSPS) is 21.5. The molecule has 15 heavy (non-hydrogen) atoms. The maximum absolute atomic E-state index is 10.6. The van der Waals surface area contributed by atoms with E-state index in [0.29, 0.717) is 6.42 Å². The molecule has 0 spiro atoms. The average Bonchev–Trinajstić information content (AvgIpc) is 2.18. The minimum atomic E-state index is -4.03. The van der Waals surface area contributed by atoms with E-state index in [1.165, 1.54) is 32.1 Å². The molecule has 1 aliphatic rings. The number of hydrogen-bond acceptors (Lipinski definition) is 3. The molecular formula is C10H21NO3S. The monoisotopic (exact) mass is 235 g/mol. The summed E-state index contributed by atoms with van der Waals surface area (Å²) in [6.07, 6.45) is 8.68. The van der Waals surface area contributed by atoms with Crippen LogP contribution in [0.2, 0.25) is 0 Å². The van der Waals surface area contributed by atoms with Gasteiger partial charge in [-0.05, 0) is 12.3 Å². The number of hydrogen-bond donors (Lipinski definition) is 2. The van der Waals surface area contributed by atoms with Crippen LogP contribution in [0.25, 0.3) is 0 Å². The molecular weight excluding hydrogens is 214 g/mol. The van der Waals surface area contributed by atoms with E-state index in [4.69, 9.17) is 10.3 Å². The molecule has 1 atom stereocenters. The average molecular weight is 235 g/mol. The van der Waals surface area contributed by atoms with E-state index in [1.807, 2.05) is 0 Å². The van der Waals surface area contributed by atoms with E-state index in [0.717, 1.165) is 18.8 Å². The molecule has 0 saturated heterocycles. The summed E-state index contributed by atoms with van der Waals surface area (Å²) in [4.78, 5) is 0. The van der Waals surface area contributed by atoms with Crippen LogP contribution in [0.15, 0.2) is 0 Å². The van der Waals surface area contributed by atoms with E-state index in [9.17, 15) is 8.42 Å². The minimum Gasteiger partial charge on any atom is -0.313 e. The maximum atomic E-state index is 10.6. The van der Waals surface area contributed by atoms with Gasteiger partial charge in [0, 0.05) is 0 Å². The van der Waals surface area contributed by atoms with Gasteiger partial charge < -0.3 is 5.73 Å². The lowest BCUT2D eigenvalue weighted by atomic mass is 9.86. The van der Waals surface area contributed by atoms with Crippen molar-refractivity contribution in [1.82, 2.24) is 0 Å². The molecule has 0 aromatic heterocycles. The van der Waals surface area contributed by atoms with Crippen molar-refractivity contribution in [2.75, 3.05) is 0 Å². The van der Waals surface area contributed by atoms with Gasteiger partial charge in [0.05, 0.1) is 0 Å². The van der Waals surface area contributed by atoms with Crippen molar-refractivity contribution in [3.05, 3.63) is 0 Å². The van der Waals surface area contributed by atoms with Crippen LogP contribution in [0.3, 0.4) is 0 Å². The molecule has 1 fully saturated rings. The summed E-state index contributed by atoms with van der Waals surface area (Å²) in [5, 5.41) is -1.10. The van der Waals surface area contributed by atoms with Crippen LogP contribution in [0.1, 0.15) is 51.4 Å². The van der Waals surface area contributed by atoms with Crippen molar-refractivity contribution in [2.24, 2.45) is 11.7 Å². The van der Waals surface area contributed by atoms with Crippen LogP contribution in [0, 0.1) is 5.92 Å².